The van der Waals surface area contributed by atoms with Gasteiger partial charge in [-0.1, -0.05) is 18.5 Å². The molecule has 2 aliphatic rings. The van der Waals surface area contributed by atoms with Crippen molar-refractivity contribution in [2.75, 3.05) is 14.2 Å². The van der Waals surface area contributed by atoms with E-state index in [2.05, 4.69) is 29.2 Å². The van der Waals surface area contributed by atoms with Gasteiger partial charge in [0.05, 0.1) is 14.2 Å². The number of rotatable bonds is 6. The second-order valence-corrected chi connectivity index (χ2v) is 6.51. The van der Waals surface area contributed by atoms with Crippen LogP contribution in [0.4, 0.5) is 0 Å². The fourth-order valence-electron chi connectivity index (χ4n) is 2.61. The van der Waals surface area contributed by atoms with Gasteiger partial charge in [-0.25, -0.2) is 0 Å². The molecule has 1 saturated carbocycles. The Balaban J connectivity index is 1.71. The fourth-order valence-corrected chi connectivity index (χ4v) is 2.94. The molecule has 1 fully saturated rings. The minimum absolute atomic E-state index is 0.205. The van der Waals surface area contributed by atoms with E-state index in [1.165, 1.54) is 12.8 Å². The van der Waals surface area contributed by atoms with Gasteiger partial charge in [-0.3, -0.25) is 10.9 Å². The molecule has 0 atom stereocenters. The monoisotopic (exact) mass is 335 g/mol. The number of ether oxygens (including phenoxy) is 2. The molecule has 1 aromatic rings. The van der Waals surface area contributed by atoms with E-state index >= 15 is 0 Å². The molecule has 0 saturated heterocycles. The van der Waals surface area contributed by atoms with Crippen LogP contribution in [0.2, 0.25) is 0 Å². The molecule has 3 rings (SSSR count). The summed E-state index contributed by atoms with van der Waals surface area (Å²) in [6.45, 7) is 2.87. The molecule has 1 aromatic carbocycles. The maximum absolute atomic E-state index is 6.27. The van der Waals surface area contributed by atoms with Gasteiger partial charge in [0, 0.05) is 18.2 Å². The van der Waals surface area contributed by atoms with Crippen molar-refractivity contribution in [3.8, 4) is 11.5 Å². The fraction of sp³-hybridized carbons (Fsp3) is 0.412. The van der Waals surface area contributed by atoms with Crippen molar-refractivity contribution < 1.29 is 9.47 Å². The van der Waals surface area contributed by atoms with E-state index in [0.717, 1.165) is 28.5 Å². The van der Waals surface area contributed by atoms with Crippen LogP contribution in [0.25, 0.3) is 0 Å². The predicted molar refractivity (Wildman–Crippen MR) is 91.0 cm³/mol. The number of benzene rings is 1. The van der Waals surface area contributed by atoms with E-state index in [1.54, 1.807) is 14.2 Å². The van der Waals surface area contributed by atoms with Crippen molar-refractivity contribution >= 4 is 11.6 Å². The molecule has 124 valence electrons. The first-order valence-electron chi connectivity index (χ1n) is 7.64. The van der Waals surface area contributed by atoms with Gasteiger partial charge in [-0.2, -0.15) is 0 Å². The quantitative estimate of drug-likeness (QED) is 0.698. The van der Waals surface area contributed by atoms with Crippen molar-refractivity contribution in [2.24, 2.45) is 5.41 Å². The highest BCUT2D eigenvalue weighted by molar-refractivity contribution is 6.29. The zero-order chi connectivity index (χ0) is 16.4. The third kappa shape index (κ3) is 3.34. The molecule has 1 heterocycles. The van der Waals surface area contributed by atoms with Gasteiger partial charge in [-0.05, 0) is 42.0 Å². The normalized spacial score (nSPS) is 18.5. The van der Waals surface area contributed by atoms with Crippen molar-refractivity contribution in [3.05, 3.63) is 46.4 Å². The molecule has 0 unspecified atom stereocenters. The first-order chi connectivity index (χ1) is 11.1. The summed E-state index contributed by atoms with van der Waals surface area (Å²) in [6, 6.07) is 5.80. The van der Waals surface area contributed by atoms with Crippen LogP contribution in [0.1, 0.15) is 25.3 Å². The minimum atomic E-state index is 0.205. The number of hydrogen-bond acceptors (Lipinski definition) is 5. The SMILES string of the molecule is COc1ccc(CNC2=CC(C3(C)CC3)=C(Cl)NN2)c(OC)c1. The lowest BCUT2D eigenvalue weighted by molar-refractivity contribution is 0.390. The Morgan fingerprint density at radius 2 is 2.00 bits per heavy atom. The molecular formula is C17H22ClN3O2. The number of hydrogen-bond donors (Lipinski definition) is 3. The number of hydrazine groups is 1. The average Bonchev–Trinajstić information content (AvgIpc) is 3.32. The van der Waals surface area contributed by atoms with Crippen molar-refractivity contribution in [1.29, 1.82) is 0 Å². The highest BCUT2D eigenvalue weighted by atomic mass is 35.5. The molecule has 3 N–H and O–H groups in total. The molecule has 5 nitrogen and oxygen atoms in total. The average molecular weight is 336 g/mol. The minimum Gasteiger partial charge on any atom is -0.497 e. The maximum Gasteiger partial charge on any atom is 0.127 e. The lowest BCUT2D eigenvalue weighted by atomic mass is 9.98. The van der Waals surface area contributed by atoms with E-state index in [1.807, 2.05) is 18.2 Å². The van der Waals surface area contributed by atoms with Crippen molar-refractivity contribution in [1.82, 2.24) is 16.2 Å². The Morgan fingerprint density at radius 3 is 2.65 bits per heavy atom. The Labute approximate surface area is 141 Å². The van der Waals surface area contributed by atoms with E-state index < -0.39 is 0 Å². The van der Waals surface area contributed by atoms with Crippen molar-refractivity contribution in [3.63, 3.8) is 0 Å². The first kappa shape index (κ1) is 15.9. The molecule has 0 amide bonds. The summed E-state index contributed by atoms with van der Waals surface area (Å²) < 4.78 is 10.6. The van der Waals surface area contributed by atoms with Gasteiger partial charge in [0.2, 0.25) is 0 Å². The molecule has 0 radical (unpaired) electrons. The van der Waals surface area contributed by atoms with Gasteiger partial charge < -0.3 is 14.8 Å². The number of methoxy groups -OCH3 is 2. The zero-order valence-electron chi connectivity index (χ0n) is 13.6. The van der Waals surface area contributed by atoms with Crippen molar-refractivity contribution in [2.45, 2.75) is 26.3 Å². The standard InChI is InChI=1S/C17H22ClN3O2/c1-17(6-7-17)13-9-15(20-21-16(13)18)19-10-11-4-5-12(22-2)8-14(11)23-3/h4-5,8-9,19-21H,6-7,10H2,1-3H3. The van der Waals surface area contributed by atoms with Gasteiger partial charge in [0.25, 0.3) is 0 Å². The Kier molecular flexibility index (Phi) is 4.31. The number of halogens is 1. The van der Waals surface area contributed by atoms with Crippen LogP contribution in [0.5, 0.6) is 11.5 Å². The highest BCUT2D eigenvalue weighted by Gasteiger charge is 2.42. The molecule has 0 bridgehead atoms. The zero-order valence-corrected chi connectivity index (χ0v) is 14.4. The second kappa shape index (κ2) is 6.24. The Hall–Kier alpha value is -2.01. The Bertz CT molecular complexity index is 666. The molecule has 1 aliphatic heterocycles. The van der Waals surface area contributed by atoms with Crippen LogP contribution in [0.15, 0.2) is 40.8 Å². The molecule has 0 spiro atoms. The summed E-state index contributed by atoms with van der Waals surface area (Å²) in [6.07, 6.45) is 4.44. The molecule has 6 heteroatoms. The van der Waals surface area contributed by atoms with E-state index in [0.29, 0.717) is 11.7 Å². The lowest BCUT2D eigenvalue weighted by Gasteiger charge is -2.24. The summed E-state index contributed by atoms with van der Waals surface area (Å²) in [7, 11) is 3.30. The number of allylic oxidation sites excluding steroid dienone is 2. The summed E-state index contributed by atoms with van der Waals surface area (Å²) in [5, 5.41) is 4.05. The van der Waals surface area contributed by atoms with Gasteiger partial charge in [-0.15, -0.1) is 0 Å². The van der Waals surface area contributed by atoms with Crippen LogP contribution in [-0.4, -0.2) is 14.2 Å². The van der Waals surface area contributed by atoms with E-state index in [-0.39, 0.29) is 5.41 Å². The molecule has 0 aromatic heterocycles. The third-order valence-electron chi connectivity index (χ3n) is 4.45. The van der Waals surface area contributed by atoms with Crippen LogP contribution >= 0.6 is 11.6 Å². The summed E-state index contributed by atoms with van der Waals surface area (Å²) in [5.74, 6) is 2.47. The predicted octanol–water partition coefficient (Wildman–Crippen LogP) is 2.99. The highest BCUT2D eigenvalue weighted by Crippen LogP contribution is 2.53. The second-order valence-electron chi connectivity index (χ2n) is 6.13. The molecule has 1 aliphatic carbocycles. The van der Waals surface area contributed by atoms with Crippen LogP contribution in [0.3, 0.4) is 0 Å². The van der Waals surface area contributed by atoms with Gasteiger partial charge in [0.1, 0.15) is 22.5 Å². The summed E-state index contributed by atoms with van der Waals surface area (Å²) in [5.41, 5.74) is 8.51. The van der Waals surface area contributed by atoms with Gasteiger partial charge >= 0.3 is 0 Å². The summed E-state index contributed by atoms with van der Waals surface area (Å²) >= 11 is 6.27. The van der Waals surface area contributed by atoms with Crippen LogP contribution < -0.4 is 25.6 Å². The topological polar surface area (TPSA) is 54.5 Å². The van der Waals surface area contributed by atoms with Crippen LogP contribution in [0, 0.1) is 5.41 Å². The third-order valence-corrected chi connectivity index (χ3v) is 4.74. The lowest BCUT2D eigenvalue weighted by Crippen LogP contribution is -2.39. The van der Waals surface area contributed by atoms with E-state index in [9.17, 15) is 0 Å². The molecular weight excluding hydrogens is 314 g/mol. The first-order valence-corrected chi connectivity index (χ1v) is 8.02. The Morgan fingerprint density at radius 1 is 1.22 bits per heavy atom. The van der Waals surface area contributed by atoms with Crippen LogP contribution in [-0.2, 0) is 6.54 Å². The number of nitrogens with one attached hydrogen (secondary N) is 3. The molecule has 23 heavy (non-hydrogen) atoms. The maximum atomic E-state index is 6.27. The summed E-state index contributed by atoms with van der Waals surface area (Å²) in [4.78, 5) is 0. The van der Waals surface area contributed by atoms with Gasteiger partial charge in [0.15, 0.2) is 0 Å². The largest absolute Gasteiger partial charge is 0.497 e. The van der Waals surface area contributed by atoms with E-state index in [4.69, 9.17) is 21.1 Å². The smallest absolute Gasteiger partial charge is 0.127 e.